The van der Waals surface area contributed by atoms with Crippen LogP contribution in [-0.4, -0.2) is 33.2 Å². The monoisotopic (exact) mass is 310 g/mol. The molecule has 118 valence electrons. The van der Waals surface area contributed by atoms with E-state index in [2.05, 4.69) is 15.3 Å². The lowest BCUT2D eigenvalue weighted by molar-refractivity contribution is -0.128. The molecule has 0 radical (unpaired) electrons. The molecule has 0 aromatic carbocycles. The zero-order chi connectivity index (χ0) is 16.2. The van der Waals surface area contributed by atoms with Crippen molar-refractivity contribution in [3.63, 3.8) is 0 Å². The number of nitrogens with one attached hydrogen (secondary N) is 1. The summed E-state index contributed by atoms with van der Waals surface area (Å²) in [6.07, 6.45) is 3.62. The van der Waals surface area contributed by atoms with E-state index in [1.807, 2.05) is 31.2 Å². The Hall–Kier alpha value is -2.76. The van der Waals surface area contributed by atoms with Crippen molar-refractivity contribution >= 4 is 17.6 Å². The third kappa shape index (κ3) is 3.71. The lowest BCUT2D eigenvalue weighted by Gasteiger charge is -2.16. The molecule has 1 unspecified atom stereocenters. The van der Waals surface area contributed by atoms with Gasteiger partial charge in [0.1, 0.15) is 5.82 Å². The molecule has 1 N–H and O–H groups in total. The van der Waals surface area contributed by atoms with Crippen LogP contribution < -0.4 is 5.32 Å². The molecule has 0 spiro atoms. The molecule has 23 heavy (non-hydrogen) atoms. The van der Waals surface area contributed by atoms with E-state index in [0.717, 1.165) is 11.3 Å². The van der Waals surface area contributed by atoms with Crippen molar-refractivity contribution < 1.29 is 9.59 Å². The van der Waals surface area contributed by atoms with Crippen LogP contribution in [0.4, 0.5) is 5.82 Å². The van der Waals surface area contributed by atoms with Gasteiger partial charge in [-0.3, -0.25) is 14.6 Å². The van der Waals surface area contributed by atoms with Gasteiger partial charge in [0.05, 0.1) is 18.2 Å². The van der Waals surface area contributed by atoms with Gasteiger partial charge in [0, 0.05) is 25.4 Å². The predicted molar refractivity (Wildman–Crippen MR) is 85.4 cm³/mol. The molecule has 3 rings (SSSR count). The minimum absolute atomic E-state index is 0.0207. The van der Waals surface area contributed by atoms with Crippen LogP contribution >= 0.6 is 0 Å². The molecule has 1 atom stereocenters. The van der Waals surface area contributed by atoms with Crippen LogP contribution in [0.1, 0.15) is 17.7 Å². The van der Waals surface area contributed by atoms with E-state index < -0.39 is 0 Å². The van der Waals surface area contributed by atoms with E-state index in [1.54, 1.807) is 23.4 Å². The summed E-state index contributed by atoms with van der Waals surface area (Å²) in [6.45, 7) is 2.78. The number of likely N-dealkylation sites (tertiary alicyclic amines) is 1. The SMILES string of the molecule is Cc1ccc(NC(=O)C2CC(=O)N(Cc3ccccn3)C2)nc1. The average Bonchev–Trinajstić information content (AvgIpc) is 2.92. The number of anilines is 1. The van der Waals surface area contributed by atoms with Gasteiger partial charge in [-0.2, -0.15) is 0 Å². The van der Waals surface area contributed by atoms with E-state index in [0.29, 0.717) is 18.9 Å². The molecule has 6 heteroatoms. The normalized spacial score (nSPS) is 17.3. The number of aromatic nitrogens is 2. The van der Waals surface area contributed by atoms with Gasteiger partial charge >= 0.3 is 0 Å². The van der Waals surface area contributed by atoms with Crippen molar-refractivity contribution in [1.82, 2.24) is 14.9 Å². The fourth-order valence-electron chi connectivity index (χ4n) is 2.56. The minimum atomic E-state index is -0.352. The van der Waals surface area contributed by atoms with Gasteiger partial charge in [-0.05, 0) is 30.7 Å². The Morgan fingerprint density at radius 2 is 2.17 bits per heavy atom. The van der Waals surface area contributed by atoms with Crippen LogP contribution in [0.2, 0.25) is 0 Å². The first-order valence-electron chi connectivity index (χ1n) is 7.53. The fourth-order valence-corrected chi connectivity index (χ4v) is 2.56. The molecule has 0 saturated carbocycles. The standard InChI is InChI=1S/C17H18N4O2/c1-12-5-6-15(19-9-12)20-17(23)13-8-16(22)21(10-13)11-14-4-2-3-7-18-14/h2-7,9,13H,8,10-11H2,1H3,(H,19,20,23). The van der Waals surface area contributed by atoms with E-state index in [1.165, 1.54) is 0 Å². The third-order valence-electron chi connectivity index (χ3n) is 3.83. The van der Waals surface area contributed by atoms with Crippen molar-refractivity contribution in [2.24, 2.45) is 5.92 Å². The molecule has 0 aliphatic carbocycles. The molecule has 2 aromatic rings. The van der Waals surface area contributed by atoms with E-state index in [-0.39, 0.29) is 24.2 Å². The third-order valence-corrected chi connectivity index (χ3v) is 3.83. The Bertz CT molecular complexity index is 700. The number of hydrogen-bond acceptors (Lipinski definition) is 4. The number of aryl methyl sites for hydroxylation is 1. The van der Waals surface area contributed by atoms with E-state index in [4.69, 9.17) is 0 Å². The molecular formula is C17H18N4O2. The summed E-state index contributed by atoms with van der Waals surface area (Å²) < 4.78 is 0. The summed E-state index contributed by atoms with van der Waals surface area (Å²) in [6, 6.07) is 9.23. The van der Waals surface area contributed by atoms with Crippen molar-refractivity contribution in [1.29, 1.82) is 0 Å². The van der Waals surface area contributed by atoms with Crippen molar-refractivity contribution in [2.75, 3.05) is 11.9 Å². The molecule has 1 aliphatic rings. The Morgan fingerprint density at radius 3 is 2.87 bits per heavy atom. The number of pyridine rings is 2. The van der Waals surface area contributed by atoms with Gasteiger partial charge in [0.25, 0.3) is 0 Å². The molecule has 6 nitrogen and oxygen atoms in total. The van der Waals surface area contributed by atoms with Gasteiger partial charge < -0.3 is 10.2 Å². The topological polar surface area (TPSA) is 75.2 Å². The Kier molecular flexibility index (Phi) is 4.32. The number of carbonyl (C=O) groups excluding carboxylic acids is 2. The number of amides is 2. The largest absolute Gasteiger partial charge is 0.336 e. The molecule has 3 heterocycles. The highest BCUT2D eigenvalue weighted by molar-refractivity contribution is 5.96. The van der Waals surface area contributed by atoms with Crippen LogP contribution in [0.3, 0.4) is 0 Å². The number of carbonyl (C=O) groups is 2. The van der Waals surface area contributed by atoms with Crippen molar-refractivity contribution in [3.8, 4) is 0 Å². The number of hydrogen-bond donors (Lipinski definition) is 1. The summed E-state index contributed by atoms with van der Waals surface area (Å²) in [4.78, 5) is 34.4. The first kappa shape index (κ1) is 15.1. The first-order valence-corrected chi connectivity index (χ1v) is 7.53. The first-order chi connectivity index (χ1) is 11.1. The van der Waals surface area contributed by atoms with Gasteiger partial charge in [0.15, 0.2) is 0 Å². The van der Waals surface area contributed by atoms with Crippen LogP contribution in [0.25, 0.3) is 0 Å². The Balaban J connectivity index is 1.60. The zero-order valence-electron chi connectivity index (χ0n) is 12.9. The number of nitrogens with zero attached hydrogens (tertiary/aromatic N) is 3. The highest BCUT2D eigenvalue weighted by Crippen LogP contribution is 2.21. The summed E-state index contributed by atoms with van der Waals surface area (Å²) in [5, 5.41) is 2.77. The van der Waals surface area contributed by atoms with Gasteiger partial charge in [-0.1, -0.05) is 12.1 Å². The molecule has 1 saturated heterocycles. The van der Waals surface area contributed by atoms with Crippen LogP contribution in [0.5, 0.6) is 0 Å². The Morgan fingerprint density at radius 1 is 1.30 bits per heavy atom. The van der Waals surface area contributed by atoms with Crippen LogP contribution in [-0.2, 0) is 16.1 Å². The maximum atomic E-state index is 12.3. The zero-order valence-corrected chi connectivity index (χ0v) is 12.9. The van der Waals surface area contributed by atoms with Crippen molar-refractivity contribution in [3.05, 3.63) is 54.0 Å². The van der Waals surface area contributed by atoms with Crippen molar-refractivity contribution in [2.45, 2.75) is 19.9 Å². The fraction of sp³-hybridized carbons (Fsp3) is 0.294. The second-order valence-corrected chi connectivity index (χ2v) is 5.71. The second-order valence-electron chi connectivity index (χ2n) is 5.71. The van der Waals surface area contributed by atoms with E-state index >= 15 is 0 Å². The molecular weight excluding hydrogens is 292 g/mol. The second kappa shape index (κ2) is 6.56. The van der Waals surface area contributed by atoms with Gasteiger partial charge in [-0.25, -0.2) is 4.98 Å². The molecule has 1 aliphatic heterocycles. The lowest BCUT2D eigenvalue weighted by atomic mass is 10.1. The molecule has 2 aromatic heterocycles. The summed E-state index contributed by atoms with van der Waals surface area (Å²) >= 11 is 0. The highest BCUT2D eigenvalue weighted by atomic mass is 16.2. The van der Waals surface area contributed by atoms with Gasteiger partial charge in [-0.15, -0.1) is 0 Å². The smallest absolute Gasteiger partial charge is 0.230 e. The average molecular weight is 310 g/mol. The number of rotatable bonds is 4. The molecule has 2 amide bonds. The summed E-state index contributed by atoms with van der Waals surface area (Å²) in [5.41, 5.74) is 1.85. The van der Waals surface area contributed by atoms with E-state index in [9.17, 15) is 9.59 Å². The maximum absolute atomic E-state index is 12.3. The van der Waals surface area contributed by atoms with Crippen LogP contribution in [0.15, 0.2) is 42.7 Å². The summed E-state index contributed by atoms with van der Waals surface area (Å²) in [5.74, 6) is -0.0311. The summed E-state index contributed by atoms with van der Waals surface area (Å²) in [7, 11) is 0. The lowest BCUT2D eigenvalue weighted by Crippen LogP contribution is -2.28. The quantitative estimate of drug-likeness (QED) is 0.934. The van der Waals surface area contributed by atoms with Crippen LogP contribution in [0, 0.1) is 12.8 Å². The maximum Gasteiger partial charge on any atom is 0.230 e. The van der Waals surface area contributed by atoms with Gasteiger partial charge in [0.2, 0.25) is 11.8 Å². The molecule has 0 bridgehead atoms. The predicted octanol–water partition coefficient (Wildman–Crippen LogP) is 1.77. The highest BCUT2D eigenvalue weighted by Gasteiger charge is 2.34. The molecule has 1 fully saturated rings. The minimum Gasteiger partial charge on any atom is -0.336 e. The Labute approximate surface area is 134 Å².